The van der Waals surface area contributed by atoms with E-state index in [1.165, 1.54) is 18.3 Å². The van der Waals surface area contributed by atoms with E-state index in [0.717, 1.165) is 5.69 Å². The number of anilines is 1. The Morgan fingerprint density at radius 3 is 2.44 bits per heavy atom. The summed E-state index contributed by atoms with van der Waals surface area (Å²) in [6.45, 7) is 0. The molecule has 1 amide bonds. The number of H-pyrrole nitrogens is 1. The molecule has 0 bridgehead atoms. The lowest BCUT2D eigenvalue weighted by Crippen LogP contribution is -2.14. The van der Waals surface area contributed by atoms with Crippen molar-refractivity contribution in [1.29, 1.82) is 0 Å². The standard InChI is InChI=1S/C12H10N2O2/c15-11-7-6-9(8-13-11)12(16)14-10-4-2-1-3-5-10/h1-8H,(H,13,15)(H,14,16). The highest BCUT2D eigenvalue weighted by atomic mass is 16.1. The first kappa shape index (κ1) is 10.2. The first-order valence-corrected chi connectivity index (χ1v) is 4.81. The summed E-state index contributed by atoms with van der Waals surface area (Å²) in [6.07, 6.45) is 1.39. The van der Waals surface area contributed by atoms with E-state index in [2.05, 4.69) is 10.3 Å². The molecule has 2 rings (SSSR count). The second kappa shape index (κ2) is 4.44. The zero-order valence-corrected chi connectivity index (χ0v) is 8.44. The van der Waals surface area contributed by atoms with Crippen LogP contribution in [-0.4, -0.2) is 10.9 Å². The van der Waals surface area contributed by atoms with Crippen LogP contribution in [0.25, 0.3) is 0 Å². The molecule has 0 unspecified atom stereocenters. The van der Waals surface area contributed by atoms with E-state index in [4.69, 9.17) is 0 Å². The van der Waals surface area contributed by atoms with Gasteiger partial charge in [0.2, 0.25) is 5.56 Å². The molecule has 0 atom stereocenters. The molecule has 0 saturated heterocycles. The van der Waals surface area contributed by atoms with Gasteiger partial charge in [-0.05, 0) is 18.2 Å². The molecule has 0 aliphatic heterocycles. The number of benzene rings is 1. The Morgan fingerprint density at radius 2 is 1.81 bits per heavy atom. The van der Waals surface area contributed by atoms with Crippen LogP contribution in [0.5, 0.6) is 0 Å². The number of hydrogen-bond acceptors (Lipinski definition) is 2. The fourth-order valence-corrected chi connectivity index (χ4v) is 1.28. The Labute approximate surface area is 91.9 Å². The minimum absolute atomic E-state index is 0.226. The number of rotatable bonds is 2. The van der Waals surface area contributed by atoms with Gasteiger partial charge in [0.1, 0.15) is 0 Å². The number of amides is 1. The molecule has 2 N–H and O–H groups in total. The molecule has 1 heterocycles. The van der Waals surface area contributed by atoms with E-state index < -0.39 is 0 Å². The highest BCUT2D eigenvalue weighted by Gasteiger charge is 2.04. The fourth-order valence-electron chi connectivity index (χ4n) is 1.28. The summed E-state index contributed by atoms with van der Waals surface area (Å²) < 4.78 is 0. The number of hydrogen-bond donors (Lipinski definition) is 2. The van der Waals surface area contributed by atoms with Crippen LogP contribution in [0.3, 0.4) is 0 Å². The molecule has 4 heteroatoms. The number of carbonyl (C=O) groups is 1. The maximum Gasteiger partial charge on any atom is 0.257 e. The lowest BCUT2D eigenvalue weighted by molar-refractivity contribution is 0.102. The van der Waals surface area contributed by atoms with E-state index in [0.29, 0.717) is 5.56 Å². The zero-order chi connectivity index (χ0) is 11.4. The molecular formula is C12H10N2O2. The molecule has 2 aromatic rings. The summed E-state index contributed by atoms with van der Waals surface area (Å²) in [5, 5.41) is 2.72. The van der Waals surface area contributed by atoms with Crippen LogP contribution in [0.15, 0.2) is 53.5 Å². The van der Waals surface area contributed by atoms with Crippen molar-refractivity contribution < 1.29 is 4.79 Å². The lowest BCUT2D eigenvalue weighted by Gasteiger charge is -2.03. The Kier molecular flexibility index (Phi) is 2.82. The van der Waals surface area contributed by atoms with Crippen LogP contribution in [0.4, 0.5) is 5.69 Å². The average Bonchev–Trinajstić information content (AvgIpc) is 2.31. The molecule has 0 radical (unpaired) electrons. The molecule has 0 aliphatic carbocycles. The van der Waals surface area contributed by atoms with Gasteiger partial charge in [-0.1, -0.05) is 18.2 Å². The van der Waals surface area contributed by atoms with E-state index >= 15 is 0 Å². The first-order valence-electron chi connectivity index (χ1n) is 4.81. The van der Waals surface area contributed by atoms with E-state index in [1.54, 1.807) is 12.1 Å². The maximum atomic E-state index is 11.7. The third-order valence-electron chi connectivity index (χ3n) is 2.08. The smallest absolute Gasteiger partial charge is 0.257 e. The molecule has 4 nitrogen and oxygen atoms in total. The SMILES string of the molecule is O=C(Nc1ccccc1)c1ccc(=O)[nH]c1. The molecule has 1 aromatic carbocycles. The Bertz CT molecular complexity index is 526. The lowest BCUT2D eigenvalue weighted by atomic mass is 10.2. The van der Waals surface area contributed by atoms with Gasteiger partial charge in [-0.3, -0.25) is 9.59 Å². The normalized spacial score (nSPS) is 9.75. The van der Waals surface area contributed by atoms with Gasteiger partial charge in [-0.15, -0.1) is 0 Å². The summed E-state index contributed by atoms with van der Waals surface area (Å²) >= 11 is 0. The van der Waals surface area contributed by atoms with Gasteiger partial charge in [-0.25, -0.2) is 0 Å². The fraction of sp³-hybridized carbons (Fsp3) is 0. The number of carbonyl (C=O) groups excluding carboxylic acids is 1. The van der Waals surface area contributed by atoms with Crippen LogP contribution in [0, 0.1) is 0 Å². The van der Waals surface area contributed by atoms with Crippen molar-refractivity contribution in [3.05, 3.63) is 64.6 Å². The molecule has 0 spiro atoms. The maximum absolute atomic E-state index is 11.7. The van der Waals surface area contributed by atoms with Gasteiger partial charge >= 0.3 is 0 Å². The van der Waals surface area contributed by atoms with Crippen molar-refractivity contribution in [2.75, 3.05) is 5.32 Å². The summed E-state index contributed by atoms with van der Waals surface area (Å²) in [4.78, 5) is 25.0. The van der Waals surface area contributed by atoms with Crippen molar-refractivity contribution in [3.8, 4) is 0 Å². The molecule has 0 aliphatic rings. The van der Waals surface area contributed by atoms with Crippen LogP contribution in [-0.2, 0) is 0 Å². The van der Waals surface area contributed by atoms with Crippen molar-refractivity contribution in [1.82, 2.24) is 4.98 Å². The molecule has 16 heavy (non-hydrogen) atoms. The third-order valence-corrected chi connectivity index (χ3v) is 2.08. The number of para-hydroxylation sites is 1. The second-order valence-corrected chi connectivity index (χ2v) is 3.26. The quantitative estimate of drug-likeness (QED) is 0.798. The monoisotopic (exact) mass is 214 g/mol. The summed E-state index contributed by atoms with van der Waals surface area (Å²) in [5.41, 5.74) is 0.915. The van der Waals surface area contributed by atoms with Gasteiger partial charge in [-0.2, -0.15) is 0 Å². The van der Waals surface area contributed by atoms with Gasteiger partial charge in [0.05, 0.1) is 5.56 Å². The van der Waals surface area contributed by atoms with Crippen molar-refractivity contribution in [3.63, 3.8) is 0 Å². The molecular weight excluding hydrogens is 204 g/mol. The van der Waals surface area contributed by atoms with Crippen molar-refractivity contribution >= 4 is 11.6 Å². The average molecular weight is 214 g/mol. The highest BCUT2D eigenvalue weighted by Crippen LogP contribution is 2.07. The van der Waals surface area contributed by atoms with Gasteiger partial charge in [0.15, 0.2) is 0 Å². The first-order chi connectivity index (χ1) is 7.75. The number of nitrogens with one attached hydrogen (secondary N) is 2. The third kappa shape index (κ3) is 2.36. The van der Waals surface area contributed by atoms with Crippen molar-refractivity contribution in [2.45, 2.75) is 0 Å². The van der Waals surface area contributed by atoms with Crippen LogP contribution < -0.4 is 10.9 Å². The minimum Gasteiger partial charge on any atom is -0.328 e. The van der Waals surface area contributed by atoms with Gasteiger partial charge < -0.3 is 10.3 Å². The minimum atomic E-state index is -0.248. The summed E-state index contributed by atoms with van der Waals surface area (Å²) in [5.74, 6) is -0.248. The van der Waals surface area contributed by atoms with E-state index in [-0.39, 0.29) is 11.5 Å². The topological polar surface area (TPSA) is 62.0 Å². The highest BCUT2D eigenvalue weighted by molar-refractivity contribution is 6.03. The molecule has 0 fully saturated rings. The van der Waals surface area contributed by atoms with E-state index in [9.17, 15) is 9.59 Å². The zero-order valence-electron chi connectivity index (χ0n) is 8.44. The Morgan fingerprint density at radius 1 is 1.06 bits per heavy atom. The predicted octanol–water partition coefficient (Wildman–Crippen LogP) is 1.63. The Hall–Kier alpha value is -2.36. The van der Waals surface area contributed by atoms with Gasteiger partial charge in [0.25, 0.3) is 5.91 Å². The van der Waals surface area contributed by atoms with Crippen LogP contribution >= 0.6 is 0 Å². The van der Waals surface area contributed by atoms with Crippen LogP contribution in [0.2, 0.25) is 0 Å². The van der Waals surface area contributed by atoms with Crippen molar-refractivity contribution in [2.24, 2.45) is 0 Å². The van der Waals surface area contributed by atoms with Crippen LogP contribution in [0.1, 0.15) is 10.4 Å². The molecule has 1 aromatic heterocycles. The van der Waals surface area contributed by atoms with Gasteiger partial charge in [0, 0.05) is 18.0 Å². The number of aromatic nitrogens is 1. The predicted molar refractivity (Wildman–Crippen MR) is 61.5 cm³/mol. The Balaban J connectivity index is 2.15. The number of pyridine rings is 1. The largest absolute Gasteiger partial charge is 0.328 e. The second-order valence-electron chi connectivity index (χ2n) is 3.26. The number of aromatic amines is 1. The van der Waals surface area contributed by atoms with E-state index in [1.807, 2.05) is 18.2 Å². The molecule has 0 saturated carbocycles. The summed E-state index contributed by atoms with van der Waals surface area (Å²) in [7, 11) is 0. The summed E-state index contributed by atoms with van der Waals surface area (Å²) in [6, 6.07) is 11.9. The molecule has 80 valence electrons.